The van der Waals surface area contributed by atoms with Gasteiger partial charge in [-0.2, -0.15) is 0 Å². The van der Waals surface area contributed by atoms with Crippen molar-refractivity contribution >= 4 is 28.3 Å². The van der Waals surface area contributed by atoms with Crippen LogP contribution in [0.1, 0.15) is 52.2 Å². The Morgan fingerprint density at radius 1 is 1.00 bits per heavy atom. The molecular weight excluding hydrogens is 429 g/mol. The van der Waals surface area contributed by atoms with Crippen LogP contribution in [0.3, 0.4) is 0 Å². The molecule has 0 heterocycles. The molecule has 2 nitrogen and oxygen atoms in total. The smallest absolute Gasteiger partial charge is 0.124 e. The summed E-state index contributed by atoms with van der Waals surface area (Å²) < 4.78 is 20.1. The maximum Gasteiger partial charge on any atom is 0.124 e. The molecule has 0 saturated carbocycles. The van der Waals surface area contributed by atoms with E-state index in [2.05, 4.69) is 61.9 Å². The Balaban J connectivity index is 0.00000364. The third kappa shape index (κ3) is 8.63. The molecule has 0 aliphatic heterocycles. The Bertz CT molecular complexity index is 726. The van der Waals surface area contributed by atoms with E-state index in [1.165, 1.54) is 12.1 Å². The second kappa shape index (κ2) is 9.90. The molecular formula is C22H30BrClFNO. The van der Waals surface area contributed by atoms with Gasteiger partial charge in [0.25, 0.3) is 0 Å². The molecule has 2 rings (SSSR count). The average Bonchev–Trinajstić information content (AvgIpc) is 2.51. The quantitative estimate of drug-likeness (QED) is 0.487. The summed E-state index contributed by atoms with van der Waals surface area (Å²) in [6.07, 6.45) is 1.07. The zero-order valence-electron chi connectivity index (χ0n) is 16.7. The fourth-order valence-corrected chi connectivity index (χ4v) is 3.70. The molecule has 0 aliphatic carbocycles. The van der Waals surface area contributed by atoms with Crippen molar-refractivity contribution < 1.29 is 9.13 Å². The van der Waals surface area contributed by atoms with Crippen LogP contribution in [-0.4, -0.2) is 5.54 Å². The zero-order chi connectivity index (χ0) is 19.4. The standard InChI is InChI=1S/C22H29BrFNO.ClH/c1-21(2,3)15-22(4,5)25-13-17-12-18(23)8-11-20(17)26-14-16-6-9-19(24)10-7-16;/h6-12,25H,13-15H2,1-5H3;1H. The van der Waals surface area contributed by atoms with Crippen molar-refractivity contribution in [2.45, 2.75) is 59.7 Å². The van der Waals surface area contributed by atoms with Gasteiger partial charge in [0.2, 0.25) is 0 Å². The number of rotatable bonds is 7. The molecule has 2 aromatic rings. The first-order valence-electron chi connectivity index (χ1n) is 8.95. The molecule has 0 fully saturated rings. The van der Waals surface area contributed by atoms with Crippen LogP contribution < -0.4 is 10.1 Å². The number of benzene rings is 2. The summed E-state index contributed by atoms with van der Waals surface area (Å²) in [5.74, 6) is 0.611. The minimum atomic E-state index is -0.233. The number of halogens is 3. The van der Waals surface area contributed by atoms with Gasteiger partial charge in [-0.05, 0) is 61.6 Å². The minimum Gasteiger partial charge on any atom is -0.489 e. The van der Waals surface area contributed by atoms with Gasteiger partial charge in [-0.15, -0.1) is 12.4 Å². The van der Waals surface area contributed by atoms with E-state index in [4.69, 9.17) is 4.74 Å². The van der Waals surface area contributed by atoms with Crippen LogP contribution in [0.5, 0.6) is 5.75 Å². The fourth-order valence-electron chi connectivity index (χ4n) is 3.29. The number of hydrogen-bond acceptors (Lipinski definition) is 2. The van der Waals surface area contributed by atoms with Gasteiger partial charge in [0.1, 0.15) is 18.2 Å². The molecule has 0 saturated heterocycles. The summed E-state index contributed by atoms with van der Waals surface area (Å²) in [6.45, 7) is 12.4. The molecule has 5 heteroatoms. The first-order valence-corrected chi connectivity index (χ1v) is 9.74. The maximum atomic E-state index is 13.0. The second-order valence-corrected chi connectivity index (χ2v) is 9.56. The maximum absolute atomic E-state index is 13.0. The van der Waals surface area contributed by atoms with Gasteiger partial charge >= 0.3 is 0 Å². The molecule has 0 amide bonds. The lowest BCUT2D eigenvalue weighted by molar-refractivity contribution is 0.238. The van der Waals surface area contributed by atoms with Crippen molar-refractivity contribution in [2.24, 2.45) is 5.41 Å². The van der Waals surface area contributed by atoms with E-state index in [0.29, 0.717) is 6.61 Å². The molecule has 0 spiro atoms. The molecule has 0 aromatic heterocycles. The Morgan fingerprint density at radius 3 is 2.22 bits per heavy atom. The summed E-state index contributed by atoms with van der Waals surface area (Å²) in [7, 11) is 0. The topological polar surface area (TPSA) is 21.3 Å². The van der Waals surface area contributed by atoms with Crippen molar-refractivity contribution in [3.05, 3.63) is 63.9 Å². The van der Waals surface area contributed by atoms with Gasteiger partial charge < -0.3 is 10.1 Å². The van der Waals surface area contributed by atoms with E-state index < -0.39 is 0 Å². The van der Waals surface area contributed by atoms with E-state index in [1.54, 1.807) is 12.1 Å². The van der Waals surface area contributed by atoms with Gasteiger partial charge in [0.15, 0.2) is 0 Å². The third-order valence-corrected chi connectivity index (χ3v) is 4.55. The van der Waals surface area contributed by atoms with Gasteiger partial charge in [0.05, 0.1) is 0 Å². The zero-order valence-corrected chi connectivity index (χ0v) is 19.1. The Labute approximate surface area is 177 Å². The molecule has 150 valence electrons. The monoisotopic (exact) mass is 457 g/mol. The lowest BCUT2D eigenvalue weighted by Crippen LogP contribution is -2.41. The Hall–Kier alpha value is -1.10. The predicted molar refractivity (Wildman–Crippen MR) is 117 cm³/mol. The number of nitrogens with one attached hydrogen (secondary N) is 1. The second-order valence-electron chi connectivity index (χ2n) is 8.64. The summed E-state index contributed by atoms with van der Waals surface area (Å²) in [5.41, 5.74) is 2.33. The Morgan fingerprint density at radius 2 is 1.63 bits per heavy atom. The van der Waals surface area contributed by atoms with Gasteiger partial charge in [-0.3, -0.25) is 0 Å². The summed E-state index contributed by atoms with van der Waals surface area (Å²) >= 11 is 3.54. The molecule has 1 N–H and O–H groups in total. The van der Waals surface area contributed by atoms with Crippen LogP contribution in [0.4, 0.5) is 4.39 Å². The molecule has 0 aliphatic rings. The highest BCUT2D eigenvalue weighted by atomic mass is 79.9. The van der Waals surface area contributed by atoms with Crippen LogP contribution >= 0.6 is 28.3 Å². The summed E-state index contributed by atoms with van der Waals surface area (Å²) in [4.78, 5) is 0. The van der Waals surface area contributed by atoms with Gasteiger partial charge in [-0.25, -0.2) is 4.39 Å². The Kier molecular flexibility index (Phi) is 8.78. The molecule has 0 unspecified atom stereocenters. The van der Waals surface area contributed by atoms with E-state index in [1.807, 2.05) is 12.1 Å². The van der Waals surface area contributed by atoms with Crippen LogP contribution in [0.15, 0.2) is 46.9 Å². The van der Waals surface area contributed by atoms with E-state index in [9.17, 15) is 4.39 Å². The largest absolute Gasteiger partial charge is 0.489 e. The predicted octanol–water partition coefficient (Wildman–Crippen LogP) is 6.89. The van der Waals surface area contributed by atoms with Crippen LogP contribution in [0, 0.1) is 11.2 Å². The van der Waals surface area contributed by atoms with Crippen molar-refractivity contribution in [3.8, 4) is 5.75 Å². The van der Waals surface area contributed by atoms with Crippen LogP contribution in [0.2, 0.25) is 0 Å². The first-order chi connectivity index (χ1) is 12.0. The molecule has 2 aromatic carbocycles. The van der Waals surface area contributed by atoms with E-state index >= 15 is 0 Å². The van der Waals surface area contributed by atoms with Crippen LogP contribution in [0.25, 0.3) is 0 Å². The normalized spacial score (nSPS) is 11.8. The minimum absolute atomic E-state index is 0. The van der Waals surface area contributed by atoms with Crippen molar-refractivity contribution in [1.29, 1.82) is 0 Å². The molecule has 0 radical (unpaired) electrons. The summed E-state index contributed by atoms with van der Waals surface area (Å²) in [5, 5.41) is 3.65. The SMILES string of the molecule is CC(C)(C)CC(C)(C)NCc1cc(Br)ccc1OCc1ccc(F)cc1.Cl. The third-order valence-electron chi connectivity index (χ3n) is 4.06. The lowest BCUT2D eigenvalue weighted by Gasteiger charge is -2.33. The van der Waals surface area contributed by atoms with Crippen molar-refractivity contribution in [1.82, 2.24) is 5.32 Å². The lowest BCUT2D eigenvalue weighted by atomic mass is 9.82. The van der Waals surface area contributed by atoms with Gasteiger partial charge in [-0.1, -0.05) is 48.8 Å². The van der Waals surface area contributed by atoms with E-state index in [-0.39, 0.29) is 29.2 Å². The number of hydrogen-bond donors (Lipinski definition) is 1. The fraction of sp³-hybridized carbons (Fsp3) is 0.455. The summed E-state index contributed by atoms with van der Waals surface area (Å²) in [6, 6.07) is 12.4. The highest BCUT2D eigenvalue weighted by Crippen LogP contribution is 2.29. The highest BCUT2D eigenvalue weighted by molar-refractivity contribution is 9.10. The van der Waals surface area contributed by atoms with E-state index in [0.717, 1.165) is 34.3 Å². The van der Waals surface area contributed by atoms with Gasteiger partial charge in [0, 0.05) is 22.1 Å². The average molecular weight is 459 g/mol. The van der Waals surface area contributed by atoms with Crippen molar-refractivity contribution in [3.63, 3.8) is 0 Å². The van der Waals surface area contributed by atoms with Crippen molar-refractivity contribution in [2.75, 3.05) is 0 Å². The number of ether oxygens (including phenoxy) is 1. The van der Waals surface area contributed by atoms with Crippen LogP contribution in [-0.2, 0) is 13.2 Å². The molecule has 27 heavy (non-hydrogen) atoms. The first kappa shape index (κ1) is 23.9. The molecule has 0 bridgehead atoms. The highest BCUT2D eigenvalue weighted by Gasteiger charge is 2.25. The molecule has 0 atom stereocenters.